The smallest absolute Gasteiger partial charge is 0.333 e. The van der Waals surface area contributed by atoms with Gasteiger partial charge in [-0.1, -0.05) is 5.16 Å². The highest BCUT2D eigenvalue weighted by molar-refractivity contribution is 5.75. The fourth-order valence-corrected chi connectivity index (χ4v) is 1.82. The zero-order valence-electron chi connectivity index (χ0n) is 7.77. The number of aliphatic carboxylic acids is 1. The van der Waals surface area contributed by atoms with E-state index < -0.39 is 17.5 Å². The number of ether oxygens (including phenoxy) is 1. The lowest BCUT2D eigenvalue weighted by Gasteiger charge is -2.19. The fraction of sp³-hybridized carbons (Fsp3) is 0.556. The molecular weight excluding hydrogens is 186 g/mol. The first-order valence-corrected chi connectivity index (χ1v) is 4.37. The van der Waals surface area contributed by atoms with E-state index >= 15 is 0 Å². The molecule has 1 aromatic rings. The minimum absolute atomic E-state index is 0.465. The van der Waals surface area contributed by atoms with Crippen molar-refractivity contribution in [2.24, 2.45) is 0 Å². The van der Waals surface area contributed by atoms with E-state index in [-0.39, 0.29) is 0 Å². The summed E-state index contributed by atoms with van der Waals surface area (Å²) in [7, 11) is 1.40. The molecule has 0 radical (unpaired) electrons. The number of carboxylic acid groups (broad SMARTS) is 1. The Labute approximate surface area is 80.6 Å². The first kappa shape index (κ1) is 9.21. The zero-order chi connectivity index (χ0) is 10.2. The van der Waals surface area contributed by atoms with E-state index in [1.54, 1.807) is 6.07 Å². The Hall–Kier alpha value is -1.36. The van der Waals surface area contributed by atoms with Crippen LogP contribution < -0.4 is 0 Å². The summed E-state index contributed by atoms with van der Waals surface area (Å²) in [6.07, 6.45) is 2.19. The Balaban J connectivity index is 2.28. The lowest BCUT2D eigenvalue weighted by Crippen LogP contribution is -2.36. The minimum Gasteiger partial charge on any atom is -0.479 e. The molecule has 5 heteroatoms. The Bertz CT molecular complexity index is 329. The summed E-state index contributed by atoms with van der Waals surface area (Å²) >= 11 is 0. The van der Waals surface area contributed by atoms with Crippen LogP contribution in [-0.2, 0) is 14.9 Å². The average molecular weight is 197 g/mol. The third-order valence-corrected chi connectivity index (χ3v) is 2.70. The number of hydrogen-bond donors (Lipinski definition) is 1. The summed E-state index contributed by atoms with van der Waals surface area (Å²) in [6.45, 7) is 0. The molecule has 0 amide bonds. The molecule has 0 aromatic carbocycles. The van der Waals surface area contributed by atoms with Gasteiger partial charge in [-0.3, -0.25) is 0 Å². The molecule has 1 N–H and O–H groups in total. The number of methoxy groups -OCH3 is 1. The van der Waals surface area contributed by atoms with Gasteiger partial charge >= 0.3 is 5.97 Å². The van der Waals surface area contributed by atoms with Crippen LogP contribution in [0, 0.1) is 0 Å². The van der Waals surface area contributed by atoms with E-state index in [9.17, 15) is 4.79 Å². The Morgan fingerprint density at radius 1 is 1.79 bits per heavy atom. The number of aromatic nitrogens is 1. The van der Waals surface area contributed by atoms with Gasteiger partial charge in [0.2, 0.25) is 0 Å². The maximum absolute atomic E-state index is 10.9. The molecule has 5 nitrogen and oxygen atoms in total. The topological polar surface area (TPSA) is 72.6 Å². The second-order valence-corrected chi connectivity index (χ2v) is 3.49. The van der Waals surface area contributed by atoms with Crippen LogP contribution in [0.15, 0.2) is 16.9 Å². The van der Waals surface area contributed by atoms with Crippen LogP contribution in [0.25, 0.3) is 0 Å². The van der Waals surface area contributed by atoms with Crippen molar-refractivity contribution in [1.82, 2.24) is 5.16 Å². The van der Waals surface area contributed by atoms with Gasteiger partial charge in [0.05, 0.1) is 11.1 Å². The summed E-state index contributed by atoms with van der Waals surface area (Å²) < 4.78 is 9.70. The van der Waals surface area contributed by atoms with Crippen molar-refractivity contribution in [3.8, 4) is 0 Å². The lowest BCUT2D eigenvalue weighted by molar-refractivity contribution is -0.150. The van der Waals surface area contributed by atoms with Gasteiger partial charge in [0.25, 0.3) is 0 Å². The number of hydrogen-bond acceptors (Lipinski definition) is 4. The minimum atomic E-state index is -0.951. The molecule has 0 saturated heterocycles. The van der Waals surface area contributed by atoms with E-state index in [4.69, 9.17) is 14.4 Å². The number of carbonyl (C=O) groups is 1. The fourth-order valence-electron chi connectivity index (χ4n) is 1.82. The maximum Gasteiger partial charge on any atom is 0.333 e. The second kappa shape index (κ2) is 3.09. The molecule has 1 fully saturated rings. The predicted octanol–water partition coefficient (Wildman–Crippen LogP) is 0.806. The highest BCUT2D eigenvalue weighted by atomic mass is 16.5. The van der Waals surface area contributed by atoms with Crippen LogP contribution >= 0.6 is 0 Å². The summed E-state index contributed by atoms with van der Waals surface area (Å²) in [5.41, 5.74) is 0.208. The largest absolute Gasteiger partial charge is 0.479 e. The van der Waals surface area contributed by atoms with E-state index in [0.717, 1.165) is 12.8 Å². The molecule has 2 rings (SSSR count). The molecule has 1 aliphatic carbocycles. The van der Waals surface area contributed by atoms with Gasteiger partial charge in [0, 0.05) is 13.2 Å². The molecule has 1 aromatic heterocycles. The Morgan fingerprint density at radius 3 is 2.86 bits per heavy atom. The predicted molar refractivity (Wildman–Crippen MR) is 45.8 cm³/mol. The molecule has 1 saturated carbocycles. The normalized spacial score (nSPS) is 20.4. The second-order valence-electron chi connectivity index (χ2n) is 3.49. The van der Waals surface area contributed by atoms with Gasteiger partial charge in [-0.25, -0.2) is 4.79 Å². The van der Waals surface area contributed by atoms with Crippen molar-refractivity contribution in [2.75, 3.05) is 7.11 Å². The van der Waals surface area contributed by atoms with Crippen molar-refractivity contribution in [1.29, 1.82) is 0 Å². The molecule has 0 aliphatic heterocycles. The van der Waals surface area contributed by atoms with Crippen LogP contribution in [0.1, 0.15) is 18.5 Å². The van der Waals surface area contributed by atoms with Gasteiger partial charge < -0.3 is 14.4 Å². The Kier molecular flexibility index (Phi) is 2.03. The first-order valence-electron chi connectivity index (χ1n) is 4.37. The van der Waals surface area contributed by atoms with Crippen LogP contribution in [0.5, 0.6) is 0 Å². The molecule has 1 unspecified atom stereocenters. The summed E-state index contributed by atoms with van der Waals surface area (Å²) in [6, 6.07) is 1.70. The third kappa shape index (κ3) is 1.21. The van der Waals surface area contributed by atoms with Crippen molar-refractivity contribution in [2.45, 2.75) is 24.4 Å². The van der Waals surface area contributed by atoms with Gasteiger partial charge in [0.1, 0.15) is 6.26 Å². The first-order chi connectivity index (χ1) is 6.70. The highest BCUT2D eigenvalue weighted by Crippen LogP contribution is 2.51. The Morgan fingerprint density at radius 2 is 2.50 bits per heavy atom. The van der Waals surface area contributed by atoms with Crippen molar-refractivity contribution in [3.63, 3.8) is 0 Å². The van der Waals surface area contributed by atoms with Crippen molar-refractivity contribution < 1.29 is 19.2 Å². The lowest BCUT2D eigenvalue weighted by atomic mass is 9.95. The summed E-state index contributed by atoms with van der Waals surface area (Å²) in [5.74, 6) is -0.951. The molecule has 1 aliphatic rings. The van der Waals surface area contributed by atoms with Gasteiger partial charge in [-0.15, -0.1) is 0 Å². The zero-order valence-corrected chi connectivity index (χ0v) is 7.77. The van der Waals surface area contributed by atoms with Crippen LogP contribution in [-0.4, -0.2) is 29.4 Å². The molecule has 14 heavy (non-hydrogen) atoms. The van der Waals surface area contributed by atoms with E-state index in [1.165, 1.54) is 13.4 Å². The molecule has 0 spiro atoms. The average Bonchev–Trinajstić information content (AvgIpc) is 2.76. The van der Waals surface area contributed by atoms with E-state index in [1.807, 2.05) is 0 Å². The number of carboxylic acids is 1. The number of nitrogens with zero attached hydrogens (tertiary/aromatic N) is 1. The molecule has 0 bridgehead atoms. The molecular formula is C9H11NO4. The molecule has 1 atom stereocenters. The van der Waals surface area contributed by atoms with Gasteiger partial charge in [-0.2, -0.15) is 0 Å². The van der Waals surface area contributed by atoms with E-state index in [0.29, 0.717) is 5.69 Å². The van der Waals surface area contributed by atoms with Crippen molar-refractivity contribution in [3.05, 3.63) is 18.0 Å². The van der Waals surface area contributed by atoms with Crippen LogP contribution in [0.4, 0.5) is 0 Å². The van der Waals surface area contributed by atoms with Crippen LogP contribution in [0.3, 0.4) is 0 Å². The van der Waals surface area contributed by atoms with Crippen molar-refractivity contribution >= 4 is 5.97 Å². The molecule has 1 heterocycles. The van der Waals surface area contributed by atoms with Gasteiger partial charge in [0.15, 0.2) is 6.10 Å². The van der Waals surface area contributed by atoms with Gasteiger partial charge in [-0.05, 0) is 12.8 Å². The third-order valence-electron chi connectivity index (χ3n) is 2.70. The summed E-state index contributed by atoms with van der Waals surface area (Å²) in [4.78, 5) is 10.9. The molecule has 76 valence electrons. The number of rotatable bonds is 4. The monoisotopic (exact) mass is 197 g/mol. The maximum atomic E-state index is 10.9. The quantitative estimate of drug-likeness (QED) is 0.773. The highest BCUT2D eigenvalue weighted by Gasteiger charge is 2.56. The SMILES string of the molecule is COC(C(=O)O)C1(c2ccon2)CC1. The standard InChI is InChI=1S/C9H11NO4/c1-13-7(8(11)12)9(3-4-9)6-2-5-14-10-6/h2,5,7H,3-4H2,1H3,(H,11,12). The summed E-state index contributed by atoms with van der Waals surface area (Å²) in [5, 5.41) is 12.7. The van der Waals surface area contributed by atoms with Crippen LogP contribution in [0.2, 0.25) is 0 Å². The van der Waals surface area contributed by atoms with E-state index in [2.05, 4.69) is 5.16 Å².